The summed E-state index contributed by atoms with van der Waals surface area (Å²) >= 11 is 0. The maximum absolute atomic E-state index is 12.0. The Labute approximate surface area is 104 Å². The first kappa shape index (κ1) is 12.6. The lowest BCUT2D eigenvalue weighted by Crippen LogP contribution is -2.36. The van der Waals surface area contributed by atoms with E-state index in [4.69, 9.17) is 0 Å². The van der Waals surface area contributed by atoms with E-state index in [0.717, 1.165) is 44.6 Å². The molecule has 0 radical (unpaired) electrons. The third-order valence-corrected chi connectivity index (χ3v) is 3.74. The SMILES string of the molecule is O=C1CCCCCN1C1=NCCCCCCC1. The van der Waals surface area contributed by atoms with Gasteiger partial charge in [-0.15, -0.1) is 0 Å². The van der Waals surface area contributed by atoms with Gasteiger partial charge in [0.05, 0.1) is 0 Å². The topological polar surface area (TPSA) is 32.7 Å². The summed E-state index contributed by atoms with van der Waals surface area (Å²) in [4.78, 5) is 18.7. The van der Waals surface area contributed by atoms with Gasteiger partial charge in [0.2, 0.25) is 5.91 Å². The quantitative estimate of drug-likeness (QED) is 0.636. The molecular weight excluding hydrogens is 212 g/mol. The maximum Gasteiger partial charge on any atom is 0.227 e. The molecule has 0 aliphatic carbocycles. The minimum atomic E-state index is 0.306. The number of aliphatic imine (C=N–C) groups is 1. The molecule has 0 unspecified atom stereocenters. The van der Waals surface area contributed by atoms with Crippen molar-refractivity contribution in [2.75, 3.05) is 13.1 Å². The van der Waals surface area contributed by atoms with Crippen molar-refractivity contribution in [2.24, 2.45) is 4.99 Å². The monoisotopic (exact) mass is 236 g/mol. The van der Waals surface area contributed by atoms with Gasteiger partial charge in [-0.2, -0.15) is 0 Å². The number of likely N-dealkylation sites (tertiary alicyclic amines) is 1. The zero-order chi connectivity index (χ0) is 11.9. The number of hydrogen-bond acceptors (Lipinski definition) is 2. The van der Waals surface area contributed by atoms with Crippen LogP contribution < -0.4 is 0 Å². The van der Waals surface area contributed by atoms with E-state index in [9.17, 15) is 4.79 Å². The first-order valence-corrected chi connectivity index (χ1v) is 7.21. The van der Waals surface area contributed by atoms with Gasteiger partial charge in [0.15, 0.2) is 0 Å². The van der Waals surface area contributed by atoms with E-state index >= 15 is 0 Å². The van der Waals surface area contributed by atoms with Crippen LogP contribution >= 0.6 is 0 Å². The summed E-state index contributed by atoms with van der Waals surface area (Å²) in [5.74, 6) is 1.39. The van der Waals surface area contributed by atoms with Crippen molar-refractivity contribution in [3.8, 4) is 0 Å². The predicted molar refractivity (Wildman–Crippen MR) is 70.2 cm³/mol. The lowest BCUT2D eigenvalue weighted by Gasteiger charge is -2.22. The number of nitrogens with zero attached hydrogens (tertiary/aromatic N) is 2. The lowest BCUT2D eigenvalue weighted by atomic mass is 10.1. The Morgan fingerprint density at radius 1 is 0.824 bits per heavy atom. The van der Waals surface area contributed by atoms with E-state index in [-0.39, 0.29) is 0 Å². The van der Waals surface area contributed by atoms with Crippen LogP contribution in [0.5, 0.6) is 0 Å². The molecule has 0 spiro atoms. The first-order valence-electron chi connectivity index (χ1n) is 7.21. The van der Waals surface area contributed by atoms with Crippen LogP contribution in [0.4, 0.5) is 0 Å². The van der Waals surface area contributed by atoms with Gasteiger partial charge in [-0.05, 0) is 25.7 Å². The molecular formula is C14H24N2O. The normalized spacial score (nSPS) is 24.4. The van der Waals surface area contributed by atoms with Crippen molar-refractivity contribution in [2.45, 2.75) is 64.2 Å². The number of rotatable bonds is 0. The Morgan fingerprint density at radius 3 is 2.47 bits per heavy atom. The zero-order valence-corrected chi connectivity index (χ0v) is 10.8. The van der Waals surface area contributed by atoms with E-state index < -0.39 is 0 Å². The van der Waals surface area contributed by atoms with Crippen molar-refractivity contribution < 1.29 is 4.79 Å². The molecule has 0 saturated carbocycles. The molecule has 2 rings (SSSR count). The maximum atomic E-state index is 12.0. The minimum absolute atomic E-state index is 0.306. The second-order valence-electron chi connectivity index (χ2n) is 5.17. The van der Waals surface area contributed by atoms with E-state index in [1.54, 1.807) is 0 Å². The van der Waals surface area contributed by atoms with Crippen molar-refractivity contribution in [1.82, 2.24) is 4.90 Å². The molecule has 2 aliphatic heterocycles. The van der Waals surface area contributed by atoms with Crippen LogP contribution in [0.1, 0.15) is 64.2 Å². The molecule has 2 aliphatic rings. The number of amidine groups is 1. The Morgan fingerprint density at radius 2 is 1.53 bits per heavy atom. The van der Waals surface area contributed by atoms with Crippen LogP contribution in [0.15, 0.2) is 4.99 Å². The predicted octanol–water partition coefficient (Wildman–Crippen LogP) is 3.14. The largest absolute Gasteiger partial charge is 0.301 e. The van der Waals surface area contributed by atoms with Gasteiger partial charge >= 0.3 is 0 Å². The van der Waals surface area contributed by atoms with Gasteiger partial charge in [-0.3, -0.25) is 9.79 Å². The highest BCUT2D eigenvalue weighted by molar-refractivity contribution is 5.98. The first-order chi connectivity index (χ1) is 8.38. The summed E-state index contributed by atoms with van der Waals surface area (Å²) < 4.78 is 0. The van der Waals surface area contributed by atoms with Crippen LogP contribution in [-0.2, 0) is 4.79 Å². The second kappa shape index (κ2) is 6.77. The molecule has 0 aromatic rings. The highest BCUT2D eigenvalue weighted by Crippen LogP contribution is 2.16. The molecule has 96 valence electrons. The second-order valence-corrected chi connectivity index (χ2v) is 5.17. The van der Waals surface area contributed by atoms with Crippen molar-refractivity contribution in [1.29, 1.82) is 0 Å². The molecule has 3 heteroatoms. The van der Waals surface area contributed by atoms with Gasteiger partial charge in [0.25, 0.3) is 0 Å². The number of carbonyl (C=O) groups is 1. The highest BCUT2D eigenvalue weighted by atomic mass is 16.2. The third-order valence-electron chi connectivity index (χ3n) is 3.74. The molecule has 3 nitrogen and oxygen atoms in total. The van der Waals surface area contributed by atoms with Crippen LogP contribution in [0.25, 0.3) is 0 Å². The van der Waals surface area contributed by atoms with Crippen LogP contribution in [0, 0.1) is 0 Å². The third kappa shape index (κ3) is 3.83. The Balaban J connectivity index is 2.02. The van der Waals surface area contributed by atoms with Gasteiger partial charge in [-0.1, -0.05) is 25.7 Å². The Bertz CT molecular complexity index is 286. The van der Waals surface area contributed by atoms with Gasteiger partial charge in [-0.25, -0.2) is 0 Å². The van der Waals surface area contributed by atoms with Crippen LogP contribution in [0.3, 0.4) is 0 Å². The van der Waals surface area contributed by atoms with Gasteiger partial charge in [0.1, 0.15) is 5.84 Å². The minimum Gasteiger partial charge on any atom is -0.301 e. The zero-order valence-electron chi connectivity index (χ0n) is 10.8. The number of hydrogen-bond donors (Lipinski definition) is 0. The summed E-state index contributed by atoms with van der Waals surface area (Å²) in [5, 5.41) is 0. The van der Waals surface area contributed by atoms with Crippen molar-refractivity contribution in [3.05, 3.63) is 0 Å². The summed E-state index contributed by atoms with van der Waals surface area (Å²) in [6.07, 6.45) is 11.4. The molecule has 0 bridgehead atoms. The number of carbonyl (C=O) groups excluding carboxylic acids is 1. The fraction of sp³-hybridized carbons (Fsp3) is 0.857. The van der Waals surface area contributed by atoms with E-state index in [1.165, 1.54) is 38.5 Å². The standard InChI is InChI=1S/C14H24N2O/c17-14-10-6-4-8-12-16(14)13-9-5-2-1-3-7-11-15-13/h1-12H2. The molecule has 1 saturated heterocycles. The molecule has 0 atom stereocenters. The van der Waals surface area contributed by atoms with Crippen LogP contribution in [0.2, 0.25) is 0 Å². The molecule has 17 heavy (non-hydrogen) atoms. The van der Waals surface area contributed by atoms with Crippen molar-refractivity contribution in [3.63, 3.8) is 0 Å². The van der Waals surface area contributed by atoms with E-state index in [0.29, 0.717) is 5.91 Å². The Hall–Kier alpha value is -0.860. The van der Waals surface area contributed by atoms with E-state index in [2.05, 4.69) is 4.99 Å². The van der Waals surface area contributed by atoms with Gasteiger partial charge in [0, 0.05) is 25.9 Å². The summed E-state index contributed by atoms with van der Waals surface area (Å²) in [7, 11) is 0. The highest BCUT2D eigenvalue weighted by Gasteiger charge is 2.21. The number of amides is 1. The summed E-state index contributed by atoms with van der Waals surface area (Å²) in [6, 6.07) is 0. The molecule has 1 amide bonds. The molecule has 2 heterocycles. The molecule has 0 aromatic carbocycles. The molecule has 0 N–H and O–H groups in total. The fourth-order valence-electron chi connectivity index (χ4n) is 2.69. The molecule has 1 fully saturated rings. The average Bonchev–Trinajstić information content (AvgIpc) is 2.47. The summed E-state index contributed by atoms with van der Waals surface area (Å²) in [6.45, 7) is 1.82. The van der Waals surface area contributed by atoms with Crippen molar-refractivity contribution >= 4 is 11.7 Å². The van der Waals surface area contributed by atoms with Gasteiger partial charge < -0.3 is 4.90 Å². The fourth-order valence-corrected chi connectivity index (χ4v) is 2.69. The Kier molecular flexibility index (Phi) is 5.02. The van der Waals surface area contributed by atoms with E-state index in [1.807, 2.05) is 4.90 Å². The summed E-state index contributed by atoms with van der Waals surface area (Å²) in [5.41, 5.74) is 0. The molecule has 0 aromatic heterocycles. The van der Waals surface area contributed by atoms with Crippen LogP contribution in [-0.4, -0.2) is 29.7 Å². The average molecular weight is 236 g/mol. The lowest BCUT2D eigenvalue weighted by molar-refractivity contribution is -0.127. The smallest absolute Gasteiger partial charge is 0.227 e.